The summed E-state index contributed by atoms with van der Waals surface area (Å²) in [5.41, 5.74) is 5.66. The summed E-state index contributed by atoms with van der Waals surface area (Å²) in [7, 11) is 0. The summed E-state index contributed by atoms with van der Waals surface area (Å²) in [6, 6.07) is 13.5. The first kappa shape index (κ1) is 19.7. The van der Waals surface area contributed by atoms with E-state index < -0.39 is 0 Å². The zero-order chi connectivity index (χ0) is 20.4. The van der Waals surface area contributed by atoms with Gasteiger partial charge in [0, 0.05) is 16.6 Å². The highest BCUT2D eigenvalue weighted by Crippen LogP contribution is 2.31. The average Bonchev–Trinajstić information content (AvgIpc) is 3.17. The van der Waals surface area contributed by atoms with E-state index in [9.17, 15) is 4.79 Å². The Balaban J connectivity index is 1.70. The third kappa shape index (κ3) is 4.21. The van der Waals surface area contributed by atoms with Crippen molar-refractivity contribution < 1.29 is 4.79 Å². The molecule has 1 saturated heterocycles. The first-order valence-corrected chi connectivity index (χ1v) is 10.3. The van der Waals surface area contributed by atoms with Crippen molar-refractivity contribution in [3.8, 4) is 5.69 Å². The normalized spacial score (nSPS) is 14.7. The zero-order valence-corrected chi connectivity index (χ0v) is 17.5. The molecular formula is C23H25ClN4O. The number of benzene rings is 2. The minimum absolute atomic E-state index is 0.123. The fraction of sp³-hybridized carbons (Fsp3) is 0.304. The Morgan fingerprint density at radius 2 is 1.83 bits per heavy atom. The molecular weight excluding hydrogens is 384 g/mol. The van der Waals surface area contributed by atoms with Crippen molar-refractivity contribution in [1.82, 2.24) is 15.1 Å². The molecule has 2 N–H and O–H groups in total. The first-order valence-electron chi connectivity index (χ1n) is 9.96. The number of carbonyl (C=O) groups is 1. The highest BCUT2D eigenvalue weighted by molar-refractivity contribution is 6.30. The molecule has 0 bridgehead atoms. The SMILES string of the molecule is Cc1ccc(NC(=O)c2cnn(-c3ccc(Cl)cc3)c2C2CCNCC2)cc1C. The van der Waals surface area contributed by atoms with Gasteiger partial charge in [0.25, 0.3) is 5.91 Å². The van der Waals surface area contributed by atoms with Crippen molar-refractivity contribution in [2.45, 2.75) is 32.6 Å². The first-order chi connectivity index (χ1) is 14.0. The monoisotopic (exact) mass is 408 g/mol. The minimum Gasteiger partial charge on any atom is -0.322 e. The lowest BCUT2D eigenvalue weighted by Crippen LogP contribution is -2.29. The lowest BCUT2D eigenvalue weighted by molar-refractivity contribution is 0.102. The highest BCUT2D eigenvalue weighted by Gasteiger charge is 2.27. The molecule has 29 heavy (non-hydrogen) atoms. The van der Waals surface area contributed by atoms with E-state index in [1.54, 1.807) is 6.20 Å². The van der Waals surface area contributed by atoms with Crippen LogP contribution in [0.5, 0.6) is 0 Å². The van der Waals surface area contributed by atoms with Crippen molar-refractivity contribution in [1.29, 1.82) is 0 Å². The van der Waals surface area contributed by atoms with E-state index in [0.29, 0.717) is 10.6 Å². The van der Waals surface area contributed by atoms with E-state index >= 15 is 0 Å². The Morgan fingerprint density at radius 3 is 2.52 bits per heavy atom. The smallest absolute Gasteiger partial charge is 0.259 e. The number of aromatic nitrogens is 2. The van der Waals surface area contributed by atoms with E-state index in [-0.39, 0.29) is 11.8 Å². The molecule has 0 spiro atoms. The molecule has 2 aromatic carbocycles. The maximum Gasteiger partial charge on any atom is 0.259 e. The van der Waals surface area contributed by atoms with Crippen LogP contribution in [0.3, 0.4) is 0 Å². The van der Waals surface area contributed by atoms with Crippen molar-refractivity contribution in [3.63, 3.8) is 0 Å². The number of rotatable bonds is 4. The predicted octanol–water partition coefficient (Wildman–Crippen LogP) is 4.86. The van der Waals surface area contributed by atoms with Crippen molar-refractivity contribution in [2.24, 2.45) is 0 Å². The van der Waals surface area contributed by atoms with Gasteiger partial charge in [0.15, 0.2) is 0 Å². The van der Waals surface area contributed by atoms with Crippen LogP contribution in [0.25, 0.3) is 5.69 Å². The Kier molecular flexibility index (Phi) is 5.69. The van der Waals surface area contributed by atoms with Gasteiger partial charge in [0.1, 0.15) is 0 Å². The van der Waals surface area contributed by atoms with E-state index in [1.807, 2.05) is 54.1 Å². The maximum atomic E-state index is 13.2. The van der Waals surface area contributed by atoms with Crippen LogP contribution in [-0.4, -0.2) is 28.8 Å². The number of hydrogen-bond acceptors (Lipinski definition) is 3. The molecule has 0 unspecified atom stereocenters. The third-order valence-corrected chi connectivity index (χ3v) is 5.86. The number of amides is 1. The van der Waals surface area contributed by atoms with Crippen molar-refractivity contribution >= 4 is 23.2 Å². The number of aryl methyl sites for hydroxylation is 2. The lowest BCUT2D eigenvalue weighted by atomic mass is 9.91. The number of nitrogens with zero attached hydrogens (tertiary/aromatic N) is 2. The second-order valence-electron chi connectivity index (χ2n) is 7.61. The van der Waals surface area contributed by atoms with Gasteiger partial charge in [0.05, 0.1) is 23.1 Å². The minimum atomic E-state index is -0.123. The van der Waals surface area contributed by atoms with Crippen LogP contribution in [0.1, 0.15) is 45.9 Å². The largest absolute Gasteiger partial charge is 0.322 e. The van der Waals surface area contributed by atoms with Crippen LogP contribution in [0.4, 0.5) is 5.69 Å². The molecule has 1 aromatic heterocycles. The van der Waals surface area contributed by atoms with Gasteiger partial charge in [-0.05, 0) is 87.3 Å². The van der Waals surface area contributed by atoms with Crippen LogP contribution in [0.15, 0.2) is 48.7 Å². The van der Waals surface area contributed by atoms with Gasteiger partial charge >= 0.3 is 0 Å². The molecule has 5 nitrogen and oxygen atoms in total. The van der Waals surface area contributed by atoms with Crippen LogP contribution >= 0.6 is 11.6 Å². The summed E-state index contributed by atoms with van der Waals surface area (Å²) in [5.74, 6) is 0.150. The molecule has 4 rings (SSSR count). The fourth-order valence-electron chi connectivity index (χ4n) is 3.83. The maximum absolute atomic E-state index is 13.2. The molecule has 1 aliphatic rings. The van der Waals surface area contributed by atoms with Crippen LogP contribution in [0.2, 0.25) is 5.02 Å². The molecule has 3 aromatic rings. The highest BCUT2D eigenvalue weighted by atomic mass is 35.5. The van der Waals surface area contributed by atoms with E-state index in [1.165, 1.54) is 5.56 Å². The molecule has 2 heterocycles. The quantitative estimate of drug-likeness (QED) is 0.648. The van der Waals surface area contributed by atoms with Gasteiger partial charge in [-0.1, -0.05) is 17.7 Å². The zero-order valence-electron chi connectivity index (χ0n) is 16.7. The Hall–Kier alpha value is -2.63. The van der Waals surface area contributed by atoms with Gasteiger partial charge in [-0.2, -0.15) is 5.10 Å². The summed E-state index contributed by atoms with van der Waals surface area (Å²) in [5, 5.41) is 11.7. The summed E-state index contributed by atoms with van der Waals surface area (Å²) in [4.78, 5) is 13.2. The van der Waals surface area contributed by atoms with Gasteiger partial charge < -0.3 is 10.6 Å². The number of piperidine rings is 1. The van der Waals surface area contributed by atoms with Gasteiger partial charge in [0.2, 0.25) is 0 Å². The molecule has 0 aliphatic carbocycles. The van der Waals surface area contributed by atoms with Gasteiger partial charge in [-0.25, -0.2) is 4.68 Å². The van der Waals surface area contributed by atoms with Crippen LogP contribution in [0, 0.1) is 13.8 Å². The Labute approximate surface area is 176 Å². The van der Waals surface area contributed by atoms with E-state index in [4.69, 9.17) is 11.6 Å². The molecule has 150 valence electrons. The lowest BCUT2D eigenvalue weighted by Gasteiger charge is -2.24. The average molecular weight is 409 g/mol. The standard InChI is InChI=1S/C23H25ClN4O/c1-15-3-6-19(13-16(15)2)27-23(29)21-14-26-28(20-7-4-18(24)5-8-20)22(21)17-9-11-25-12-10-17/h3-8,13-14,17,25H,9-12H2,1-2H3,(H,27,29). The topological polar surface area (TPSA) is 59.0 Å². The van der Waals surface area contributed by atoms with Gasteiger partial charge in [-0.3, -0.25) is 4.79 Å². The van der Waals surface area contributed by atoms with E-state index in [0.717, 1.165) is 48.6 Å². The van der Waals surface area contributed by atoms with Crippen LogP contribution in [-0.2, 0) is 0 Å². The molecule has 0 saturated carbocycles. The second-order valence-corrected chi connectivity index (χ2v) is 8.05. The van der Waals surface area contributed by atoms with Crippen molar-refractivity contribution in [2.75, 3.05) is 18.4 Å². The molecule has 1 amide bonds. The molecule has 0 atom stereocenters. The summed E-state index contributed by atoms with van der Waals surface area (Å²) >= 11 is 6.06. The summed E-state index contributed by atoms with van der Waals surface area (Å²) in [6.07, 6.45) is 3.63. The van der Waals surface area contributed by atoms with Crippen LogP contribution < -0.4 is 10.6 Å². The number of anilines is 1. The molecule has 1 aliphatic heterocycles. The van der Waals surface area contributed by atoms with Gasteiger partial charge in [-0.15, -0.1) is 0 Å². The second kappa shape index (κ2) is 8.39. The Morgan fingerprint density at radius 1 is 1.10 bits per heavy atom. The van der Waals surface area contributed by atoms with Crippen molar-refractivity contribution in [3.05, 3.63) is 76.1 Å². The third-order valence-electron chi connectivity index (χ3n) is 5.61. The number of halogens is 1. The van der Waals surface area contributed by atoms with E-state index in [2.05, 4.69) is 22.7 Å². The molecule has 6 heteroatoms. The number of carbonyl (C=O) groups excluding carboxylic acids is 1. The predicted molar refractivity (Wildman–Crippen MR) is 117 cm³/mol. The summed E-state index contributed by atoms with van der Waals surface area (Å²) in [6.45, 7) is 5.99. The molecule has 0 radical (unpaired) electrons. The number of nitrogens with one attached hydrogen (secondary N) is 2. The number of hydrogen-bond donors (Lipinski definition) is 2. The Bertz CT molecular complexity index is 1020. The summed E-state index contributed by atoms with van der Waals surface area (Å²) < 4.78 is 1.89. The molecule has 1 fully saturated rings. The fourth-order valence-corrected chi connectivity index (χ4v) is 3.95.